The summed E-state index contributed by atoms with van der Waals surface area (Å²) in [5, 5.41) is 21.4. The number of carbonyl (C=O) groups is 1. The highest BCUT2D eigenvalue weighted by atomic mass is 16.4. The first-order chi connectivity index (χ1) is 15.1. The number of carboxylic acids is 1. The summed E-state index contributed by atoms with van der Waals surface area (Å²) in [4.78, 5) is 12.8. The third kappa shape index (κ3) is 2.87. The first-order valence-corrected chi connectivity index (χ1v) is 13.8. The molecule has 0 amide bonds. The molecular formula is C30H48O3. The van der Waals surface area contributed by atoms with Crippen molar-refractivity contribution in [2.24, 2.45) is 50.2 Å². The van der Waals surface area contributed by atoms with Crippen molar-refractivity contribution in [2.45, 2.75) is 119 Å². The molecule has 0 bridgehead atoms. The van der Waals surface area contributed by atoms with E-state index in [9.17, 15) is 15.0 Å². The number of hydrogen-bond acceptors (Lipinski definition) is 2. The Morgan fingerprint density at radius 1 is 0.879 bits per heavy atom. The number of carboxylic acid groups (broad SMARTS) is 1. The Kier molecular flexibility index (Phi) is 4.99. The minimum absolute atomic E-state index is 0.0301. The predicted molar refractivity (Wildman–Crippen MR) is 133 cm³/mol. The zero-order chi connectivity index (χ0) is 24.2. The maximum Gasteiger partial charge on any atom is 0.310 e. The highest BCUT2D eigenvalue weighted by molar-refractivity contribution is 5.76. The topological polar surface area (TPSA) is 57.5 Å². The van der Waals surface area contributed by atoms with Crippen LogP contribution in [0.5, 0.6) is 0 Å². The molecular weight excluding hydrogens is 408 g/mol. The van der Waals surface area contributed by atoms with Gasteiger partial charge in [0, 0.05) is 0 Å². The molecule has 0 aromatic rings. The van der Waals surface area contributed by atoms with Crippen LogP contribution in [0.15, 0.2) is 11.6 Å². The zero-order valence-corrected chi connectivity index (χ0v) is 22.3. The molecule has 0 unspecified atom stereocenters. The summed E-state index contributed by atoms with van der Waals surface area (Å²) in [6.45, 7) is 16.9. The molecule has 4 saturated carbocycles. The Hall–Kier alpha value is -0.830. The van der Waals surface area contributed by atoms with Gasteiger partial charge in [-0.05, 0) is 109 Å². The maximum atomic E-state index is 12.8. The molecule has 4 fully saturated rings. The van der Waals surface area contributed by atoms with Gasteiger partial charge in [-0.25, -0.2) is 0 Å². The molecule has 3 nitrogen and oxygen atoms in total. The molecule has 186 valence electrons. The second-order valence-corrected chi connectivity index (χ2v) is 15.1. The minimum Gasteiger partial charge on any atom is -0.481 e. The average molecular weight is 457 g/mol. The van der Waals surface area contributed by atoms with Gasteiger partial charge in [-0.15, -0.1) is 0 Å². The normalized spacial score (nSPS) is 52.4. The Labute approximate surface area is 201 Å². The summed E-state index contributed by atoms with van der Waals surface area (Å²) in [5.41, 5.74) is 1.68. The number of aliphatic hydroxyl groups excluding tert-OH is 1. The fourth-order valence-corrected chi connectivity index (χ4v) is 10.6. The van der Waals surface area contributed by atoms with E-state index in [0.29, 0.717) is 11.8 Å². The predicted octanol–water partition coefficient (Wildman–Crippen LogP) is 7.23. The summed E-state index contributed by atoms with van der Waals surface area (Å²) in [5.74, 6) is 0.807. The summed E-state index contributed by atoms with van der Waals surface area (Å²) in [6, 6.07) is 0. The molecule has 0 aromatic heterocycles. The van der Waals surface area contributed by atoms with E-state index < -0.39 is 11.4 Å². The Morgan fingerprint density at radius 2 is 1.55 bits per heavy atom. The van der Waals surface area contributed by atoms with Crippen molar-refractivity contribution in [1.29, 1.82) is 0 Å². The highest BCUT2D eigenvalue weighted by Crippen LogP contribution is 2.75. The van der Waals surface area contributed by atoms with Crippen molar-refractivity contribution in [2.75, 3.05) is 0 Å². The third-order valence-corrected chi connectivity index (χ3v) is 13.0. The van der Waals surface area contributed by atoms with E-state index in [1.165, 1.54) is 18.4 Å². The van der Waals surface area contributed by atoms with Crippen LogP contribution < -0.4 is 0 Å². The Balaban J connectivity index is 1.60. The van der Waals surface area contributed by atoms with Crippen molar-refractivity contribution in [1.82, 2.24) is 0 Å². The number of aliphatic hydroxyl groups is 1. The fraction of sp³-hybridized carbons (Fsp3) is 0.900. The van der Waals surface area contributed by atoms with Gasteiger partial charge < -0.3 is 10.2 Å². The van der Waals surface area contributed by atoms with E-state index in [1.54, 1.807) is 0 Å². The molecule has 33 heavy (non-hydrogen) atoms. The zero-order valence-electron chi connectivity index (χ0n) is 22.3. The van der Waals surface area contributed by atoms with Crippen LogP contribution in [0.1, 0.15) is 113 Å². The van der Waals surface area contributed by atoms with Crippen LogP contribution in [0.2, 0.25) is 0 Å². The van der Waals surface area contributed by atoms with E-state index in [2.05, 4.69) is 54.5 Å². The summed E-state index contributed by atoms with van der Waals surface area (Å²) in [7, 11) is 0. The van der Waals surface area contributed by atoms with E-state index in [1.807, 2.05) is 0 Å². The monoisotopic (exact) mass is 456 g/mol. The van der Waals surface area contributed by atoms with Gasteiger partial charge in [-0.3, -0.25) is 4.79 Å². The van der Waals surface area contributed by atoms with Crippen molar-refractivity contribution >= 4 is 5.97 Å². The van der Waals surface area contributed by atoms with Crippen molar-refractivity contribution < 1.29 is 15.0 Å². The van der Waals surface area contributed by atoms with Crippen LogP contribution in [-0.4, -0.2) is 22.3 Å². The number of fused-ring (bicyclic) bond motifs is 7. The van der Waals surface area contributed by atoms with Gasteiger partial charge in [0.05, 0.1) is 11.5 Å². The molecule has 3 heteroatoms. The first kappa shape index (κ1) is 23.9. The van der Waals surface area contributed by atoms with Gasteiger partial charge in [0.25, 0.3) is 0 Å². The van der Waals surface area contributed by atoms with Crippen LogP contribution in [0.3, 0.4) is 0 Å². The second kappa shape index (κ2) is 6.89. The van der Waals surface area contributed by atoms with E-state index in [-0.39, 0.29) is 39.1 Å². The van der Waals surface area contributed by atoms with E-state index in [4.69, 9.17) is 0 Å². The van der Waals surface area contributed by atoms with Crippen molar-refractivity contribution in [3.63, 3.8) is 0 Å². The quantitative estimate of drug-likeness (QED) is 0.409. The molecule has 0 radical (unpaired) electrons. The lowest BCUT2D eigenvalue weighted by Gasteiger charge is -2.71. The first-order valence-electron chi connectivity index (χ1n) is 13.8. The lowest BCUT2D eigenvalue weighted by atomic mass is 9.33. The highest BCUT2D eigenvalue weighted by Gasteiger charge is 2.69. The summed E-state index contributed by atoms with van der Waals surface area (Å²) >= 11 is 0. The van der Waals surface area contributed by atoms with Crippen LogP contribution in [0.4, 0.5) is 0 Å². The average Bonchev–Trinajstić information content (AvgIpc) is 2.71. The lowest BCUT2D eigenvalue weighted by Crippen LogP contribution is -2.65. The Morgan fingerprint density at radius 3 is 2.21 bits per heavy atom. The van der Waals surface area contributed by atoms with Crippen molar-refractivity contribution in [3.05, 3.63) is 11.6 Å². The fourth-order valence-electron chi connectivity index (χ4n) is 10.6. The summed E-state index contributed by atoms with van der Waals surface area (Å²) in [6.07, 6.45) is 12.6. The molecule has 0 saturated heterocycles. The van der Waals surface area contributed by atoms with Gasteiger partial charge in [0.2, 0.25) is 0 Å². The largest absolute Gasteiger partial charge is 0.481 e. The molecule has 0 aromatic carbocycles. The molecule has 0 spiro atoms. The Bertz CT molecular complexity index is 885. The van der Waals surface area contributed by atoms with E-state index >= 15 is 0 Å². The number of allylic oxidation sites excluding steroid dienone is 2. The molecule has 0 aliphatic heterocycles. The van der Waals surface area contributed by atoms with Gasteiger partial charge in [-0.2, -0.15) is 0 Å². The lowest BCUT2D eigenvalue weighted by molar-refractivity contribution is -0.205. The van der Waals surface area contributed by atoms with Gasteiger partial charge in [0.15, 0.2) is 0 Å². The van der Waals surface area contributed by atoms with Gasteiger partial charge >= 0.3 is 5.97 Å². The van der Waals surface area contributed by atoms with Crippen LogP contribution in [0.25, 0.3) is 0 Å². The molecule has 5 rings (SSSR count). The number of rotatable bonds is 1. The van der Waals surface area contributed by atoms with E-state index in [0.717, 1.165) is 51.4 Å². The van der Waals surface area contributed by atoms with Crippen LogP contribution >= 0.6 is 0 Å². The standard InChI is InChI=1S/C30H48O3/c1-25(2)14-16-30(24(32)33)17-15-28(6)19(20(30)18-25)8-9-22-27(5)12-11-23(31)26(3,4)21(27)10-13-29(22,28)7/h8,20-23,31H,9-18H2,1-7H3,(H,32,33)/t20-,21-,22-,23-,27-,28+,29+,30+/m1/s1. The SMILES string of the molecule is CC1(C)CC[C@]2(C(=O)O)CC[C@@]3(C)C(=CC[C@@H]4[C@]5(C)CC[C@@H](O)C(C)(C)[C@H]5CC[C@@]43C)[C@H]2C1. The molecule has 5 aliphatic carbocycles. The minimum atomic E-state index is -0.553. The van der Waals surface area contributed by atoms with Crippen LogP contribution in [0, 0.1) is 50.2 Å². The molecule has 8 atom stereocenters. The molecule has 2 N–H and O–H groups in total. The number of hydrogen-bond donors (Lipinski definition) is 2. The maximum absolute atomic E-state index is 12.8. The summed E-state index contributed by atoms with van der Waals surface area (Å²) < 4.78 is 0. The van der Waals surface area contributed by atoms with Gasteiger partial charge in [0.1, 0.15) is 0 Å². The van der Waals surface area contributed by atoms with Gasteiger partial charge in [-0.1, -0.05) is 60.1 Å². The molecule has 5 aliphatic rings. The third-order valence-electron chi connectivity index (χ3n) is 13.0. The number of aliphatic carboxylic acids is 1. The van der Waals surface area contributed by atoms with Crippen molar-refractivity contribution in [3.8, 4) is 0 Å². The van der Waals surface area contributed by atoms with Crippen LogP contribution in [-0.2, 0) is 4.79 Å². The smallest absolute Gasteiger partial charge is 0.310 e. The molecule has 0 heterocycles. The second-order valence-electron chi connectivity index (χ2n) is 15.1.